The molecule has 0 fully saturated rings. The molecule has 0 spiro atoms. The number of carbonyl (C=O) groups is 1. The summed E-state index contributed by atoms with van der Waals surface area (Å²) >= 11 is 0. The molecule has 2 heterocycles. The fraction of sp³-hybridized carbons (Fsp3) is 0.227. The number of hydrogen-bond acceptors (Lipinski definition) is 6. The van der Waals surface area contributed by atoms with Gasteiger partial charge in [-0.15, -0.1) is 0 Å². The van der Waals surface area contributed by atoms with Crippen LogP contribution in [0.15, 0.2) is 58.1 Å². The van der Waals surface area contributed by atoms with Crippen molar-refractivity contribution in [2.45, 2.75) is 13.5 Å². The van der Waals surface area contributed by atoms with E-state index in [1.54, 1.807) is 25.1 Å². The van der Waals surface area contributed by atoms with Gasteiger partial charge in [0.1, 0.15) is 19.0 Å². The molecule has 160 valence electrons. The van der Waals surface area contributed by atoms with Crippen molar-refractivity contribution in [2.24, 2.45) is 0 Å². The van der Waals surface area contributed by atoms with Gasteiger partial charge in [-0.05, 0) is 30.7 Å². The highest BCUT2D eigenvalue weighted by atomic mass is 16.6. The molecule has 4 rings (SSSR count). The largest absolute Gasteiger partial charge is 0.486 e. The molecule has 9 heteroatoms. The maximum absolute atomic E-state index is 13.3. The van der Waals surface area contributed by atoms with E-state index in [0.717, 1.165) is 5.56 Å². The first-order valence-electron chi connectivity index (χ1n) is 9.87. The highest BCUT2D eigenvalue weighted by Crippen LogP contribution is 2.31. The van der Waals surface area contributed by atoms with Crippen LogP contribution in [0, 0.1) is 0 Å². The summed E-state index contributed by atoms with van der Waals surface area (Å²) in [6, 6.07) is 14.0. The smallest absolute Gasteiger partial charge is 0.330 e. The minimum absolute atomic E-state index is 0.0714. The number of ether oxygens (including phenoxy) is 2. The molecule has 0 aliphatic carbocycles. The molecule has 0 radical (unpaired) electrons. The van der Waals surface area contributed by atoms with Gasteiger partial charge in [0.2, 0.25) is 0 Å². The maximum Gasteiger partial charge on any atom is 0.330 e. The van der Waals surface area contributed by atoms with Crippen LogP contribution < -0.4 is 31.4 Å². The molecule has 3 N–H and O–H groups in total. The Hall–Kier alpha value is -4.01. The van der Waals surface area contributed by atoms with Crippen LogP contribution in [0.5, 0.6) is 11.5 Å². The van der Waals surface area contributed by atoms with E-state index in [2.05, 4.69) is 4.98 Å². The number of aromatic amines is 1. The molecule has 0 saturated carbocycles. The Labute approximate surface area is 177 Å². The van der Waals surface area contributed by atoms with Gasteiger partial charge >= 0.3 is 5.69 Å². The van der Waals surface area contributed by atoms with E-state index < -0.39 is 17.2 Å². The Bertz CT molecular complexity index is 1230. The summed E-state index contributed by atoms with van der Waals surface area (Å²) in [5.74, 6) is 0.496. The quantitative estimate of drug-likeness (QED) is 0.645. The molecule has 1 aliphatic heterocycles. The van der Waals surface area contributed by atoms with Crippen molar-refractivity contribution in [1.29, 1.82) is 0 Å². The summed E-state index contributed by atoms with van der Waals surface area (Å²) in [4.78, 5) is 41.8. The van der Waals surface area contributed by atoms with Crippen LogP contribution in [0.1, 0.15) is 22.8 Å². The topological polar surface area (TPSA) is 120 Å². The molecule has 0 atom stereocenters. The van der Waals surface area contributed by atoms with Crippen LogP contribution in [0.3, 0.4) is 0 Å². The zero-order valence-corrected chi connectivity index (χ0v) is 17.0. The van der Waals surface area contributed by atoms with Crippen LogP contribution in [0.2, 0.25) is 0 Å². The average Bonchev–Trinajstić information content (AvgIpc) is 2.79. The van der Waals surface area contributed by atoms with Crippen LogP contribution in [-0.4, -0.2) is 35.2 Å². The number of aromatic nitrogens is 2. The Balaban J connectivity index is 1.74. The number of nitrogens with two attached hydrogens (primary N) is 1. The van der Waals surface area contributed by atoms with Gasteiger partial charge in [-0.25, -0.2) is 4.79 Å². The number of nitrogen functional groups attached to an aromatic ring is 1. The van der Waals surface area contributed by atoms with Gasteiger partial charge in [-0.3, -0.25) is 19.1 Å². The first-order chi connectivity index (χ1) is 15.0. The summed E-state index contributed by atoms with van der Waals surface area (Å²) in [6.45, 7) is 2.88. The van der Waals surface area contributed by atoms with Crippen LogP contribution >= 0.6 is 0 Å². The third kappa shape index (κ3) is 3.89. The standard InChI is InChI=1S/C22H22N4O5/c1-2-25(21(28)15-8-9-16-17(12-15)31-11-10-30-16)18-19(23)26(22(29)24-20(18)27)13-14-6-4-3-5-7-14/h3-9,12H,2,10-11,13,23H2,1H3,(H,24,27,29). The lowest BCUT2D eigenvalue weighted by Gasteiger charge is -2.24. The van der Waals surface area contributed by atoms with E-state index in [-0.39, 0.29) is 24.6 Å². The van der Waals surface area contributed by atoms with Gasteiger partial charge in [-0.2, -0.15) is 0 Å². The number of amides is 1. The second-order valence-corrected chi connectivity index (χ2v) is 6.97. The monoisotopic (exact) mass is 422 g/mol. The third-order valence-electron chi connectivity index (χ3n) is 5.02. The lowest BCUT2D eigenvalue weighted by Crippen LogP contribution is -2.41. The van der Waals surface area contributed by atoms with E-state index in [4.69, 9.17) is 15.2 Å². The lowest BCUT2D eigenvalue weighted by molar-refractivity contribution is 0.0986. The number of nitrogens with zero attached hydrogens (tertiary/aromatic N) is 2. The molecule has 0 bridgehead atoms. The number of hydrogen-bond donors (Lipinski definition) is 2. The maximum atomic E-state index is 13.3. The van der Waals surface area contributed by atoms with Gasteiger partial charge in [0.05, 0.1) is 6.54 Å². The van der Waals surface area contributed by atoms with Crippen molar-refractivity contribution < 1.29 is 14.3 Å². The zero-order valence-electron chi connectivity index (χ0n) is 17.0. The molecule has 9 nitrogen and oxygen atoms in total. The lowest BCUT2D eigenvalue weighted by atomic mass is 10.1. The number of anilines is 2. The fourth-order valence-electron chi connectivity index (χ4n) is 3.50. The van der Waals surface area contributed by atoms with Crippen molar-refractivity contribution in [1.82, 2.24) is 9.55 Å². The van der Waals surface area contributed by atoms with Crippen molar-refractivity contribution in [2.75, 3.05) is 30.4 Å². The second kappa shape index (κ2) is 8.39. The van der Waals surface area contributed by atoms with Crippen molar-refractivity contribution >= 4 is 17.4 Å². The number of carbonyl (C=O) groups excluding carboxylic acids is 1. The van der Waals surface area contributed by atoms with E-state index in [1.165, 1.54) is 9.47 Å². The highest BCUT2D eigenvalue weighted by molar-refractivity contribution is 6.07. The molecule has 1 aliphatic rings. The molecule has 0 unspecified atom stereocenters. The van der Waals surface area contributed by atoms with Gasteiger partial charge in [0, 0.05) is 12.1 Å². The second-order valence-electron chi connectivity index (χ2n) is 6.97. The zero-order chi connectivity index (χ0) is 22.0. The SMILES string of the molecule is CCN(C(=O)c1ccc2c(c1)OCCO2)c1c(N)n(Cc2ccccc2)c(=O)[nH]c1=O. The summed E-state index contributed by atoms with van der Waals surface area (Å²) in [5, 5.41) is 0. The Kier molecular flexibility index (Phi) is 5.48. The summed E-state index contributed by atoms with van der Waals surface area (Å²) in [6.07, 6.45) is 0. The number of rotatable bonds is 5. The van der Waals surface area contributed by atoms with Crippen molar-refractivity contribution in [3.63, 3.8) is 0 Å². The summed E-state index contributed by atoms with van der Waals surface area (Å²) < 4.78 is 12.3. The normalized spacial score (nSPS) is 12.4. The number of benzene rings is 2. The summed E-state index contributed by atoms with van der Waals surface area (Å²) in [5.41, 5.74) is 5.95. The molecular weight excluding hydrogens is 400 g/mol. The van der Waals surface area contributed by atoms with Gasteiger partial charge in [0.15, 0.2) is 17.2 Å². The first-order valence-corrected chi connectivity index (χ1v) is 9.87. The van der Waals surface area contributed by atoms with E-state index in [9.17, 15) is 14.4 Å². The van der Waals surface area contributed by atoms with Crippen LogP contribution in [-0.2, 0) is 6.54 Å². The third-order valence-corrected chi connectivity index (χ3v) is 5.02. The molecule has 1 aromatic heterocycles. The molecule has 2 aromatic carbocycles. The van der Waals surface area contributed by atoms with E-state index in [1.807, 2.05) is 30.3 Å². The molecule has 3 aromatic rings. The van der Waals surface area contributed by atoms with Crippen molar-refractivity contribution in [3.05, 3.63) is 80.5 Å². The Morgan fingerprint density at radius 1 is 1.10 bits per heavy atom. The van der Waals surface area contributed by atoms with Gasteiger partial charge in [0.25, 0.3) is 11.5 Å². The average molecular weight is 422 g/mol. The summed E-state index contributed by atoms with van der Waals surface area (Å²) in [7, 11) is 0. The number of fused-ring (bicyclic) bond motifs is 1. The molecule has 31 heavy (non-hydrogen) atoms. The van der Waals surface area contributed by atoms with Crippen LogP contribution in [0.4, 0.5) is 11.5 Å². The van der Waals surface area contributed by atoms with E-state index in [0.29, 0.717) is 30.3 Å². The molecular formula is C22H22N4O5. The first kappa shape index (κ1) is 20.3. The van der Waals surface area contributed by atoms with Gasteiger partial charge < -0.3 is 20.1 Å². The Morgan fingerprint density at radius 2 is 1.81 bits per heavy atom. The predicted molar refractivity (Wildman–Crippen MR) is 116 cm³/mol. The predicted octanol–water partition coefficient (Wildman–Crippen LogP) is 1.60. The number of H-pyrrole nitrogens is 1. The van der Waals surface area contributed by atoms with Crippen molar-refractivity contribution in [3.8, 4) is 11.5 Å². The molecule has 0 saturated heterocycles. The highest BCUT2D eigenvalue weighted by Gasteiger charge is 2.25. The van der Waals surface area contributed by atoms with Gasteiger partial charge in [-0.1, -0.05) is 30.3 Å². The minimum Gasteiger partial charge on any atom is -0.486 e. The molecule has 1 amide bonds. The number of nitrogens with one attached hydrogen (secondary N) is 1. The van der Waals surface area contributed by atoms with E-state index >= 15 is 0 Å². The minimum atomic E-state index is -0.723. The Morgan fingerprint density at radius 3 is 2.52 bits per heavy atom. The fourth-order valence-corrected chi connectivity index (χ4v) is 3.50. The van der Waals surface area contributed by atoms with Crippen LogP contribution in [0.25, 0.3) is 0 Å².